The van der Waals surface area contributed by atoms with Crippen LogP contribution in [0.1, 0.15) is 20.3 Å². The van der Waals surface area contributed by atoms with Crippen LogP contribution in [0.15, 0.2) is 23.1 Å². The molecule has 142 valence electrons. The molecule has 1 amide bonds. The second-order valence-corrected chi connectivity index (χ2v) is 7.52. The lowest BCUT2D eigenvalue weighted by molar-refractivity contribution is -0.117. The van der Waals surface area contributed by atoms with Crippen molar-refractivity contribution in [1.29, 1.82) is 0 Å². The van der Waals surface area contributed by atoms with Crippen molar-refractivity contribution >= 4 is 21.4 Å². The highest BCUT2D eigenvalue weighted by atomic mass is 32.2. The highest BCUT2D eigenvalue weighted by Gasteiger charge is 2.47. The van der Waals surface area contributed by atoms with E-state index < -0.39 is 26.1 Å². The van der Waals surface area contributed by atoms with Crippen LogP contribution >= 0.6 is 0 Å². The lowest BCUT2D eigenvalue weighted by Crippen LogP contribution is -2.23. The number of anilines is 1. The van der Waals surface area contributed by atoms with Gasteiger partial charge < -0.3 is 14.8 Å². The summed E-state index contributed by atoms with van der Waals surface area (Å²) in [6, 6.07) is 2.53. The van der Waals surface area contributed by atoms with Crippen molar-refractivity contribution in [1.82, 2.24) is 0 Å². The van der Waals surface area contributed by atoms with Crippen LogP contribution in [0.5, 0.6) is 5.75 Å². The first-order chi connectivity index (χ1) is 11.5. The highest BCUT2D eigenvalue weighted by Crippen LogP contribution is 2.34. The van der Waals surface area contributed by atoms with E-state index in [2.05, 4.69) is 5.32 Å². The number of ether oxygens (including phenoxy) is 2. The van der Waals surface area contributed by atoms with Gasteiger partial charge in [0.15, 0.2) is 0 Å². The van der Waals surface area contributed by atoms with E-state index in [0.29, 0.717) is 18.6 Å². The van der Waals surface area contributed by atoms with Gasteiger partial charge in [-0.2, -0.15) is 13.2 Å². The molecule has 0 aliphatic carbocycles. The Morgan fingerprint density at radius 1 is 1.28 bits per heavy atom. The average Bonchev–Trinajstić information content (AvgIpc) is 2.50. The van der Waals surface area contributed by atoms with E-state index >= 15 is 0 Å². The van der Waals surface area contributed by atoms with Crippen LogP contribution < -0.4 is 10.1 Å². The SMILES string of the molecule is COc1ccc(S(=O)(=O)C(F)(F)F)cc1NC(=O)CCOCC(C)C. The summed E-state index contributed by atoms with van der Waals surface area (Å²) in [5.74, 6) is -0.200. The number of hydrogen-bond acceptors (Lipinski definition) is 5. The summed E-state index contributed by atoms with van der Waals surface area (Å²) in [6.07, 6.45) is -0.0356. The Morgan fingerprint density at radius 2 is 1.92 bits per heavy atom. The smallest absolute Gasteiger partial charge is 0.495 e. The van der Waals surface area contributed by atoms with Gasteiger partial charge in [-0.25, -0.2) is 8.42 Å². The minimum atomic E-state index is -5.52. The Balaban J connectivity index is 2.92. The Morgan fingerprint density at radius 3 is 2.44 bits per heavy atom. The van der Waals surface area contributed by atoms with Gasteiger partial charge in [-0.1, -0.05) is 13.8 Å². The van der Waals surface area contributed by atoms with E-state index in [-0.39, 0.29) is 24.5 Å². The molecule has 0 saturated heterocycles. The maximum Gasteiger partial charge on any atom is 0.501 e. The minimum absolute atomic E-state index is 0.0356. The normalized spacial score (nSPS) is 12.3. The number of sulfone groups is 1. The topological polar surface area (TPSA) is 81.7 Å². The first-order valence-corrected chi connectivity index (χ1v) is 8.84. The third kappa shape index (κ3) is 5.89. The van der Waals surface area contributed by atoms with Crippen LogP contribution in [-0.2, 0) is 19.4 Å². The van der Waals surface area contributed by atoms with Crippen molar-refractivity contribution in [2.75, 3.05) is 25.6 Å². The highest BCUT2D eigenvalue weighted by molar-refractivity contribution is 7.92. The van der Waals surface area contributed by atoms with E-state index in [9.17, 15) is 26.4 Å². The van der Waals surface area contributed by atoms with Crippen molar-refractivity contribution < 1.29 is 35.9 Å². The fraction of sp³-hybridized carbons (Fsp3) is 0.533. The number of benzene rings is 1. The second-order valence-electron chi connectivity index (χ2n) is 5.58. The number of carbonyl (C=O) groups is 1. The average molecular weight is 383 g/mol. The summed E-state index contributed by atoms with van der Waals surface area (Å²) < 4.78 is 71.0. The molecule has 0 spiro atoms. The zero-order chi connectivity index (χ0) is 19.3. The van der Waals surface area contributed by atoms with Crippen molar-refractivity contribution in [3.63, 3.8) is 0 Å². The molecule has 6 nitrogen and oxygen atoms in total. The third-order valence-electron chi connectivity index (χ3n) is 2.98. The number of nitrogens with one attached hydrogen (secondary N) is 1. The lowest BCUT2D eigenvalue weighted by Gasteiger charge is -2.14. The van der Waals surface area contributed by atoms with Gasteiger partial charge in [0.05, 0.1) is 30.7 Å². The zero-order valence-corrected chi connectivity index (χ0v) is 14.8. The predicted octanol–water partition coefficient (Wildman–Crippen LogP) is 2.99. The van der Waals surface area contributed by atoms with E-state index in [4.69, 9.17) is 9.47 Å². The van der Waals surface area contributed by atoms with Gasteiger partial charge in [0.1, 0.15) is 5.75 Å². The molecule has 25 heavy (non-hydrogen) atoms. The molecule has 0 atom stereocenters. The molecule has 0 aromatic heterocycles. The molecule has 10 heteroatoms. The summed E-state index contributed by atoms with van der Waals surface area (Å²) in [5, 5.41) is 2.34. The first-order valence-electron chi connectivity index (χ1n) is 7.36. The van der Waals surface area contributed by atoms with Gasteiger partial charge in [0, 0.05) is 6.61 Å². The summed E-state index contributed by atoms with van der Waals surface area (Å²) in [6.45, 7) is 4.48. The summed E-state index contributed by atoms with van der Waals surface area (Å²) in [4.78, 5) is 10.9. The third-order valence-corrected chi connectivity index (χ3v) is 4.47. The molecule has 0 fully saturated rings. The zero-order valence-electron chi connectivity index (χ0n) is 14.0. The summed E-state index contributed by atoms with van der Waals surface area (Å²) >= 11 is 0. The molecule has 0 aliphatic rings. The molecule has 1 rings (SSSR count). The number of amides is 1. The van der Waals surface area contributed by atoms with E-state index in [1.807, 2.05) is 13.8 Å². The second kappa shape index (κ2) is 8.52. The number of halogens is 3. The quantitative estimate of drug-likeness (QED) is 0.698. The minimum Gasteiger partial charge on any atom is -0.495 e. The van der Waals surface area contributed by atoms with Crippen molar-refractivity contribution in [2.45, 2.75) is 30.7 Å². The number of hydrogen-bond donors (Lipinski definition) is 1. The molecule has 1 aromatic carbocycles. The number of alkyl halides is 3. The molecule has 0 bridgehead atoms. The maximum atomic E-state index is 12.6. The van der Waals surface area contributed by atoms with Crippen molar-refractivity contribution in [3.8, 4) is 5.75 Å². The van der Waals surface area contributed by atoms with E-state index in [0.717, 1.165) is 12.1 Å². The molecule has 0 saturated carbocycles. The summed E-state index contributed by atoms with van der Waals surface area (Å²) in [7, 11) is -4.28. The van der Waals surface area contributed by atoms with Crippen LogP contribution in [0.2, 0.25) is 0 Å². The van der Waals surface area contributed by atoms with Crippen LogP contribution in [0.4, 0.5) is 18.9 Å². The summed E-state index contributed by atoms with van der Waals surface area (Å²) in [5.41, 5.74) is -5.60. The van der Waals surface area contributed by atoms with Crippen molar-refractivity contribution in [2.24, 2.45) is 5.92 Å². The van der Waals surface area contributed by atoms with Crippen LogP contribution in [0.3, 0.4) is 0 Å². The van der Waals surface area contributed by atoms with Gasteiger partial charge in [-0.3, -0.25) is 4.79 Å². The Bertz CT molecular complexity index is 702. The van der Waals surface area contributed by atoms with Gasteiger partial charge in [0.25, 0.3) is 9.84 Å². The maximum absolute atomic E-state index is 12.6. The van der Waals surface area contributed by atoms with Crippen LogP contribution in [0.25, 0.3) is 0 Å². The van der Waals surface area contributed by atoms with E-state index in [1.165, 1.54) is 7.11 Å². The fourth-order valence-corrected chi connectivity index (χ4v) is 2.57. The Kier molecular flexibility index (Phi) is 7.24. The first kappa shape index (κ1) is 21.2. The van der Waals surface area contributed by atoms with E-state index in [1.54, 1.807) is 0 Å². The molecule has 0 radical (unpaired) electrons. The number of rotatable bonds is 8. The van der Waals surface area contributed by atoms with Gasteiger partial charge in [-0.15, -0.1) is 0 Å². The monoisotopic (exact) mass is 383 g/mol. The molecular formula is C15H20F3NO5S. The largest absolute Gasteiger partial charge is 0.501 e. The van der Waals surface area contributed by atoms with Gasteiger partial charge in [-0.05, 0) is 24.1 Å². The standard InChI is InChI=1S/C15H20F3NO5S/c1-10(2)9-24-7-6-14(20)19-12-8-11(4-5-13(12)23-3)25(21,22)15(16,17)18/h4-5,8,10H,6-7,9H2,1-3H3,(H,19,20). The van der Waals surface area contributed by atoms with Crippen LogP contribution in [0, 0.1) is 5.92 Å². The molecule has 0 heterocycles. The number of carbonyl (C=O) groups excluding carboxylic acids is 1. The van der Waals surface area contributed by atoms with Crippen molar-refractivity contribution in [3.05, 3.63) is 18.2 Å². The molecule has 1 N–H and O–H groups in total. The lowest BCUT2D eigenvalue weighted by atomic mass is 10.2. The Hall–Kier alpha value is -1.81. The fourth-order valence-electron chi connectivity index (χ4n) is 1.78. The molecule has 0 aliphatic heterocycles. The molecule has 0 unspecified atom stereocenters. The predicted molar refractivity (Wildman–Crippen MR) is 85.1 cm³/mol. The number of methoxy groups -OCH3 is 1. The molecule has 1 aromatic rings. The molecular weight excluding hydrogens is 363 g/mol. The van der Waals surface area contributed by atoms with Crippen LogP contribution in [-0.4, -0.2) is 40.2 Å². The van der Waals surface area contributed by atoms with Gasteiger partial charge in [0.2, 0.25) is 5.91 Å². The Labute approximate surface area is 144 Å². The van der Waals surface area contributed by atoms with Gasteiger partial charge >= 0.3 is 5.51 Å².